The molecule has 1 aliphatic heterocycles. The van der Waals surface area contributed by atoms with Crippen molar-refractivity contribution in [2.45, 2.75) is 6.04 Å². The number of carbonyl (C=O) groups excluding carboxylic acids is 2. The lowest BCUT2D eigenvalue weighted by Crippen LogP contribution is -2.32. The number of aliphatic hydroxyl groups excluding tert-OH is 1. The van der Waals surface area contributed by atoms with Gasteiger partial charge in [-0.3, -0.25) is 9.59 Å². The molecule has 136 valence electrons. The predicted octanol–water partition coefficient (Wildman–Crippen LogP) is 2.82. The smallest absolute Gasteiger partial charge is 0.295 e. The van der Waals surface area contributed by atoms with Crippen molar-refractivity contribution in [1.29, 1.82) is 0 Å². The van der Waals surface area contributed by atoms with Gasteiger partial charge in [-0.15, -0.1) is 11.3 Å². The number of Topliss-reactive ketones (excluding diaryl/α,β-unsaturated/α-hetero) is 1. The molecule has 6 nitrogen and oxygen atoms in total. The lowest BCUT2D eigenvalue weighted by atomic mass is 10.00. The van der Waals surface area contributed by atoms with Crippen LogP contribution in [0.4, 0.5) is 0 Å². The molecule has 2 heterocycles. The fourth-order valence-electron chi connectivity index (χ4n) is 2.97. The molecule has 0 spiro atoms. The number of methoxy groups -OCH3 is 2. The zero-order valence-corrected chi connectivity index (χ0v) is 15.3. The van der Waals surface area contributed by atoms with E-state index in [9.17, 15) is 14.7 Å². The first-order valence-corrected chi connectivity index (χ1v) is 8.91. The van der Waals surface area contributed by atoms with E-state index < -0.39 is 17.7 Å². The first-order chi connectivity index (χ1) is 12.6. The summed E-state index contributed by atoms with van der Waals surface area (Å²) in [5.41, 5.74) is 0.512. The predicted molar refractivity (Wildman–Crippen MR) is 98.2 cm³/mol. The van der Waals surface area contributed by atoms with Gasteiger partial charge in [0.05, 0.1) is 25.3 Å². The van der Waals surface area contributed by atoms with Crippen molar-refractivity contribution in [3.05, 3.63) is 57.8 Å². The first kappa shape index (κ1) is 18.2. The molecule has 1 aromatic heterocycles. The molecule has 1 N–H and O–H groups in total. The molecule has 0 aliphatic carbocycles. The molecule has 0 saturated carbocycles. The number of amides is 1. The lowest BCUT2D eigenvalue weighted by Gasteiger charge is -2.23. The van der Waals surface area contributed by atoms with Gasteiger partial charge in [0, 0.05) is 24.1 Å². The van der Waals surface area contributed by atoms with Gasteiger partial charge in [-0.2, -0.15) is 0 Å². The molecule has 1 aliphatic rings. The first-order valence-electron chi connectivity index (χ1n) is 8.03. The fourth-order valence-corrected chi connectivity index (χ4v) is 3.81. The summed E-state index contributed by atoms with van der Waals surface area (Å²) in [7, 11) is 3.06. The quantitative estimate of drug-likeness (QED) is 0.479. The summed E-state index contributed by atoms with van der Waals surface area (Å²) < 4.78 is 10.2. The number of ketones is 1. The van der Waals surface area contributed by atoms with Gasteiger partial charge in [0.1, 0.15) is 11.5 Å². The maximum atomic E-state index is 12.7. The van der Waals surface area contributed by atoms with Gasteiger partial charge < -0.3 is 19.5 Å². The minimum atomic E-state index is -0.695. The van der Waals surface area contributed by atoms with Gasteiger partial charge in [0.25, 0.3) is 11.7 Å². The molecule has 1 amide bonds. The third kappa shape index (κ3) is 3.23. The number of aliphatic hydroxyl groups is 1. The number of thiophene rings is 1. The molecule has 0 bridgehead atoms. The van der Waals surface area contributed by atoms with Gasteiger partial charge in [-0.05, 0) is 23.6 Å². The van der Waals surface area contributed by atoms with Crippen molar-refractivity contribution in [2.75, 3.05) is 27.4 Å². The number of hydrogen-bond acceptors (Lipinski definition) is 6. The summed E-state index contributed by atoms with van der Waals surface area (Å²) in [5.74, 6) is -0.986. The van der Waals surface area contributed by atoms with Crippen LogP contribution < -0.4 is 4.74 Å². The number of rotatable bonds is 6. The molecule has 1 saturated heterocycles. The molecule has 1 aromatic carbocycles. The topological polar surface area (TPSA) is 76.1 Å². The summed E-state index contributed by atoms with van der Waals surface area (Å²) in [6.07, 6.45) is 0. The Kier molecular flexibility index (Phi) is 5.39. The second-order valence-electron chi connectivity index (χ2n) is 5.73. The fraction of sp³-hybridized carbons (Fsp3) is 0.263. The number of nitrogens with zero attached hydrogens (tertiary/aromatic N) is 1. The van der Waals surface area contributed by atoms with Crippen molar-refractivity contribution >= 4 is 28.8 Å². The zero-order valence-electron chi connectivity index (χ0n) is 14.5. The monoisotopic (exact) mass is 373 g/mol. The van der Waals surface area contributed by atoms with Crippen molar-refractivity contribution in [3.8, 4) is 5.75 Å². The van der Waals surface area contributed by atoms with Crippen LogP contribution in [0.15, 0.2) is 47.4 Å². The van der Waals surface area contributed by atoms with Crippen LogP contribution in [0.3, 0.4) is 0 Å². The molecular formula is C19H19NO5S. The summed E-state index contributed by atoms with van der Waals surface area (Å²) in [5, 5.41) is 12.7. The number of hydrogen-bond donors (Lipinski definition) is 1. The van der Waals surface area contributed by atoms with Crippen molar-refractivity contribution in [3.63, 3.8) is 0 Å². The van der Waals surface area contributed by atoms with E-state index in [2.05, 4.69) is 0 Å². The summed E-state index contributed by atoms with van der Waals surface area (Å²) in [4.78, 5) is 27.5. The van der Waals surface area contributed by atoms with E-state index in [1.807, 2.05) is 17.5 Å². The van der Waals surface area contributed by atoms with Crippen LogP contribution in [-0.2, 0) is 14.3 Å². The third-order valence-electron chi connectivity index (χ3n) is 4.23. The van der Waals surface area contributed by atoms with E-state index in [1.54, 1.807) is 24.3 Å². The van der Waals surface area contributed by atoms with Gasteiger partial charge >= 0.3 is 0 Å². The standard InChI is InChI=1S/C19H19NO5S/c1-24-9-8-20-16(14-7-4-10-26-14)15(18(22)19(20)23)17(21)12-5-3-6-13(11-12)25-2/h3-7,10-11,16,21H,8-9H2,1-2H3/t16-/m0/s1. The second kappa shape index (κ2) is 7.72. The highest BCUT2D eigenvalue weighted by Crippen LogP contribution is 2.41. The summed E-state index contributed by atoms with van der Waals surface area (Å²) in [6.45, 7) is 0.562. The van der Waals surface area contributed by atoms with E-state index in [4.69, 9.17) is 9.47 Å². The highest BCUT2D eigenvalue weighted by molar-refractivity contribution is 7.10. The summed E-state index contributed by atoms with van der Waals surface area (Å²) >= 11 is 1.43. The highest BCUT2D eigenvalue weighted by atomic mass is 32.1. The van der Waals surface area contributed by atoms with Crippen LogP contribution in [0, 0.1) is 0 Å². The molecular weight excluding hydrogens is 354 g/mol. The Bertz CT molecular complexity index is 843. The van der Waals surface area contributed by atoms with Gasteiger partial charge in [0.2, 0.25) is 0 Å². The van der Waals surface area contributed by atoms with E-state index >= 15 is 0 Å². The van der Waals surface area contributed by atoms with Crippen LogP contribution >= 0.6 is 11.3 Å². The van der Waals surface area contributed by atoms with Crippen molar-refractivity contribution < 1.29 is 24.2 Å². The average Bonchev–Trinajstić information content (AvgIpc) is 3.27. The van der Waals surface area contributed by atoms with Gasteiger partial charge in [0.15, 0.2) is 0 Å². The Morgan fingerprint density at radius 1 is 1.23 bits per heavy atom. The minimum Gasteiger partial charge on any atom is -0.507 e. The van der Waals surface area contributed by atoms with Crippen LogP contribution in [-0.4, -0.2) is 49.1 Å². The lowest BCUT2D eigenvalue weighted by molar-refractivity contribution is -0.140. The number of ether oxygens (including phenoxy) is 2. The molecule has 1 fully saturated rings. The van der Waals surface area contributed by atoms with E-state index in [-0.39, 0.29) is 17.9 Å². The normalized spacial score (nSPS) is 19.2. The van der Waals surface area contributed by atoms with Gasteiger partial charge in [-0.25, -0.2) is 0 Å². The zero-order chi connectivity index (χ0) is 18.7. The van der Waals surface area contributed by atoms with Crippen molar-refractivity contribution in [1.82, 2.24) is 4.90 Å². The Labute approximate surface area is 155 Å². The molecule has 0 radical (unpaired) electrons. The van der Waals surface area contributed by atoms with Gasteiger partial charge in [-0.1, -0.05) is 18.2 Å². The number of benzene rings is 1. The SMILES string of the molecule is COCCN1C(=O)C(=O)C(=C(O)c2cccc(OC)c2)[C@@H]1c1cccs1. The average molecular weight is 373 g/mol. The number of carbonyl (C=O) groups is 2. The van der Waals surface area contributed by atoms with Crippen LogP contribution in [0.5, 0.6) is 5.75 Å². The Morgan fingerprint density at radius 3 is 2.69 bits per heavy atom. The summed E-state index contributed by atoms with van der Waals surface area (Å²) in [6, 6.07) is 9.83. The van der Waals surface area contributed by atoms with E-state index in [0.717, 1.165) is 4.88 Å². The minimum absolute atomic E-state index is 0.0850. The molecule has 7 heteroatoms. The second-order valence-corrected chi connectivity index (χ2v) is 6.71. The Morgan fingerprint density at radius 2 is 2.04 bits per heavy atom. The maximum Gasteiger partial charge on any atom is 0.295 e. The molecule has 26 heavy (non-hydrogen) atoms. The van der Waals surface area contributed by atoms with Crippen LogP contribution in [0.1, 0.15) is 16.5 Å². The highest BCUT2D eigenvalue weighted by Gasteiger charge is 2.46. The van der Waals surface area contributed by atoms with E-state index in [0.29, 0.717) is 17.9 Å². The molecule has 3 rings (SSSR count). The molecule has 0 unspecified atom stereocenters. The van der Waals surface area contributed by atoms with Crippen LogP contribution in [0.25, 0.3) is 5.76 Å². The Hall–Kier alpha value is -2.64. The van der Waals surface area contributed by atoms with Crippen LogP contribution in [0.2, 0.25) is 0 Å². The molecule has 1 atom stereocenters. The Balaban J connectivity index is 2.12. The van der Waals surface area contributed by atoms with E-state index in [1.165, 1.54) is 30.5 Å². The largest absolute Gasteiger partial charge is 0.507 e. The maximum absolute atomic E-state index is 12.7. The molecule has 2 aromatic rings. The van der Waals surface area contributed by atoms with Crippen molar-refractivity contribution in [2.24, 2.45) is 0 Å². The third-order valence-corrected chi connectivity index (χ3v) is 5.16. The number of likely N-dealkylation sites (tertiary alicyclic amines) is 1.